The van der Waals surface area contributed by atoms with Gasteiger partial charge < -0.3 is 10.0 Å². The number of pyridine rings is 1. The third kappa shape index (κ3) is 3.01. The second kappa shape index (κ2) is 7.17. The Hall–Kier alpha value is -2.05. The van der Waals surface area contributed by atoms with Gasteiger partial charge in [0, 0.05) is 29.4 Å². The van der Waals surface area contributed by atoms with Crippen LogP contribution >= 0.6 is 11.3 Å². The number of aryl methyl sites for hydroxylation is 2. The quantitative estimate of drug-likeness (QED) is 0.745. The smallest absolute Gasteiger partial charge is 0.164 e. The first kappa shape index (κ1) is 17.1. The van der Waals surface area contributed by atoms with Crippen LogP contribution in [0.25, 0.3) is 21.6 Å². The van der Waals surface area contributed by atoms with Crippen molar-refractivity contribution in [2.75, 3.05) is 18.1 Å². The fourth-order valence-electron chi connectivity index (χ4n) is 4.44. The molecule has 4 heterocycles. The molecule has 1 unspecified atom stereocenters. The number of aliphatic hydroxyl groups excluding tert-OH is 1. The summed E-state index contributed by atoms with van der Waals surface area (Å²) in [4.78, 5) is 19.1. The van der Waals surface area contributed by atoms with E-state index in [9.17, 15) is 5.11 Å². The molecule has 1 saturated heterocycles. The van der Waals surface area contributed by atoms with E-state index in [0.717, 1.165) is 54.3 Å². The zero-order chi connectivity index (χ0) is 18.2. The standard InChI is InChI=1S/C21H24N4OS/c26-13-15-7-3-4-11-25(15)20-18-16-8-1-2-9-17(16)27-21(18)24-19(23-20)14-6-5-10-22-12-14/h5-6,10,12,15,26H,1-4,7-9,11,13H2. The van der Waals surface area contributed by atoms with Crippen LogP contribution in [0.3, 0.4) is 0 Å². The molecule has 1 N–H and O–H groups in total. The van der Waals surface area contributed by atoms with E-state index >= 15 is 0 Å². The number of fused-ring (bicyclic) bond motifs is 3. The minimum Gasteiger partial charge on any atom is -0.394 e. The number of hydrogen-bond donors (Lipinski definition) is 1. The lowest BCUT2D eigenvalue weighted by atomic mass is 9.96. The lowest BCUT2D eigenvalue weighted by molar-refractivity contribution is 0.239. The molecule has 5 rings (SSSR count). The maximum absolute atomic E-state index is 9.98. The Bertz CT molecular complexity index is 956. The summed E-state index contributed by atoms with van der Waals surface area (Å²) in [6.07, 6.45) is 11.7. The largest absolute Gasteiger partial charge is 0.394 e. The van der Waals surface area contributed by atoms with Crippen molar-refractivity contribution in [2.24, 2.45) is 0 Å². The number of anilines is 1. The summed E-state index contributed by atoms with van der Waals surface area (Å²) >= 11 is 1.83. The molecule has 2 aliphatic rings. The molecule has 140 valence electrons. The molecule has 0 bridgehead atoms. The van der Waals surface area contributed by atoms with Crippen LogP contribution in [-0.4, -0.2) is 39.3 Å². The molecule has 1 atom stereocenters. The minimum absolute atomic E-state index is 0.151. The zero-order valence-electron chi connectivity index (χ0n) is 15.4. The molecule has 1 fully saturated rings. The fraction of sp³-hybridized carbons (Fsp3) is 0.476. The normalized spacial score (nSPS) is 20.0. The molecule has 1 aliphatic carbocycles. The van der Waals surface area contributed by atoms with Crippen LogP contribution < -0.4 is 4.90 Å². The molecular formula is C21H24N4OS. The highest BCUT2D eigenvalue weighted by Gasteiger charge is 2.29. The van der Waals surface area contributed by atoms with E-state index in [1.165, 1.54) is 35.1 Å². The third-order valence-electron chi connectivity index (χ3n) is 5.83. The number of piperidine rings is 1. The van der Waals surface area contributed by atoms with E-state index < -0.39 is 0 Å². The van der Waals surface area contributed by atoms with Crippen molar-refractivity contribution in [1.29, 1.82) is 0 Å². The molecule has 3 aromatic rings. The second-order valence-corrected chi connectivity index (χ2v) is 8.61. The van der Waals surface area contributed by atoms with Gasteiger partial charge in [-0.2, -0.15) is 0 Å². The predicted molar refractivity (Wildman–Crippen MR) is 109 cm³/mol. The van der Waals surface area contributed by atoms with Gasteiger partial charge in [0.25, 0.3) is 0 Å². The van der Waals surface area contributed by atoms with Crippen LogP contribution in [0.15, 0.2) is 24.5 Å². The van der Waals surface area contributed by atoms with Crippen molar-refractivity contribution in [3.05, 3.63) is 35.0 Å². The monoisotopic (exact) mass is 380 g/mol. The van der Waals surface area contributed by atoms with Gasteiger partial charge in [0.1, 0.15) is 10.6 Å². The van der Waals surface area contributed by atoms with Gasteiger partial charge in [-0.1, -0.05) is 0 Å². The first-order chi connectivity index (χ1) is 13.3. The average Bonchev–Trinajstić information content (AvgIpc) is 3.12. The summed E-state index contributed by atoms with van der Waals surface area (Å²) in [5, 5.41) is 11.2. The van der Waals surface area contributed by atoms with Gasteiger partial charge in [-0.15, -0.1) is 11.3 Å². The molecule has 6 heteroatoms. The van der Waals surface area contributed by atoms with E-state index in [1.54, 1.807) is 6.20 Å². The Balaban J connectivity index is 1.74. The topological polar surface area (TPSA) is 62.1 Å². The van der Waals surface area contributed by atoms with E-state index in [0.29, 0.717) is 0 Å². The summed E-state index contributed by atoms with van der Waals surface area (Å²) in [5.74, 6) is 1.77. The predicted octanol–water partition coefficient (Wildman–Crippen LogP) is 3.98. The number of nitrogens with zero attached hydrogens (tertiary/aromatic N) is 4. The van der Waals surface area contributed by atoms with E-state index in [4.69, 9.17) is 9.97 Å². The molecule has 0 aromatic carbocycles. The van der Waals surface area contributed by atoms with Gasteiger partial charge in [0.15, 0.2) is 5.82 Å². The molecule has 0 spiro atoms. The highest BCUT2D eigenvalue weighted by atomic mass is 32.1. The molecule has 27 heavy (non-hydrogen) atoms. The van der Waals surface area contributed by atoms with Gasteiger partial charge in [0.2, 0.25) is 0 Å². The average molecular weight is 381 g/mol. The van der Waals surface area contributed by atoms with E-state index in [1.807, 2.05) is 29.7 Å². The lowest BCUT2D eigenvalue weighted by Crippen LogP contribution is -2.42. The van der Waals surface area contributed by atoms with Crippen LogP contribution in [0.4, 0.5) is 5.82 Å². The van der Waals surface area contributed by atoms with E-state index in [2.05, 4.69) is 9.88 Å². The lowest BCUT2D eigenvalue weighted by Gasteiger charge is -2.36. The highest BCUT2D eigenvalue weighted by molar-refractivity contribution is 7.19. The highest BCUT2D eigenvalue weighted by Crippen LogP contribution is 2.41. The summed E-state index contributed by atoms with van der Waals surface area (Å²) in [6, 6.07) is 4.10. The molecule has 1 aliphatic heterocycles. The third-order valence-corrected chi connectivity index (χ3v) is 7.01. The summed E-state index contributed by atoms with van der Waals surface area (Å²) in [7, 11) is 0. The van der Waals surface area contributed by atoms with Crippen LogP contribution in [-0.2, 0) is 12.8 Å². The number of aromatic nitrogens is 3. The SMILES string of the molecule is OCC1CCCCN1c1nc(-c2cccnc2)nc2sc3c(c12)CCCC3. The van der Waals surface area contributed by atoms with Crippen molar-refractivity contribution in [2.45, 2.75) is 51.0 Å². The fourth-order valence-corrected chi connectivity index (χ4v) is 5.70. The van der Waals surface area contributed by atoms with Gasteiger partial charge in [-0.05, 0) is 62.6 Å². The van der Waals surface area contributed by atoms with Gasteiger partial charge in [0.05, 0.1) is 18.0 Å². The number of aliphatic hydroxyl groups is 1. The van der Waals surface area contributed by atoms with Crippen LogP contribution in [0.5, 0.6) is 0 Å². The zero-order valence-corrected chi connectivity index (χ0v) is 16.2. The Kier molecular flexibility index (Phi) is 4.53. The number of thiophene rings is 1. The molecule has 5 nitrogen and oxygen atoms in total. The Morgan fingerprint density at radius 1 is 1.15 bits per heavy atom. The second-order valence-electron chi connectivity index (χ2n) is 7.53. The molecule has 0 saturated carbocycles. The van der Waals surface area contributed by atoms with Crippen LogP contribution in [0.2, 0.25) is 0 Å². The number of rotatable bonds is 3. The van der Waals surface area contributed by atoms with Crippen molar-refractivity contribution in [3.8, 4) is 11.4 Å². The molecule has 0 radical (unpaired) electrons. The minimum atomic E-state index is 0.151. The van der Waals surface area contributed by atoms with Crippen LogP contribution in [0.1, 0.15) is 42.5 Å². The maximum Gasteiger partial charge on any atom is 0.164 e. The Labute approximate surface area is 163 Å². The van der Waals surface area contributed by atoms with Gasteiger partial charge >= 0.3 is 0 Å². The molecular weight excluding hydrogens is 356 g/mol. The van der Waals surface area contributed by atoms with Crippen LogP contribution in [0, 0.1) is 0 Å². The summed E-state index contributed by atoms with van der Waals surface area (Å²) in [5.41, 5.74) is 2.40. The summed E-state index contributed by atoms with van der Waals surface area (Å²) in [6.45, 7) is 1.13. The molecule has 3 aromatic heterocycles. The number of hydrogen-bond acceptors (Lipinski definition) is 6. The van der Waals surface area contributed by atoms with Gasteiger partial charge in [-0.25, -0.2) is 9.97 Å². The summed E-state index contributed by atoms with van der Waals surface area (Å²) < 4.78 is 0. The van der Waals surface area contributed by atoms with Crippen molar-refractivity contribution >= 4 is 27.4 Å². The van der Waals surface area contributed by atoms with E-state index in [-0.39, 0.29) is 12.6 Å². The first-order valence-corrected chi connectivity index (χ1v) is 10.8. The maximum atomic E-state index is 9.98. The Morgan fingerprint density at radius 3 is 2.93 bits per heavy atom. The van der Waals surface area contributed by atoms with Crippen molar-refractivity contribution < 1.29 is 5.11 Å². The van der Waals surface area contributed by atoms with Crippen molar-refractivity contribution in [1.82, 2.24) is 15.0 Å². The van der Waals surface area contributed by atoms with Crippen molar-refractivity contribution in [3.63, 3.8) is 0 Å². The van der Waals surface area contributed by atoms with Gasteiger partial charge in [-0.3, -0.25) is 4.98 Å². The molecule has 0 amide bonds. The first-order valence-electron chi connectivity index (χ1n) is 9.95. The Morgan fingerprint density at radius 2 is 2.07 bits per heavy atom.